The van der Waals surface area contributed by atoms with E-state index in [1.54, 1.807) is 0 Å². The van der Waals surface area contributed by atoms with Gasteiger partial charge in [-0.05, 0) is 52.0 Å². The summed E-state index contributed by atoms with van der Waals surface area (Å²) < 4.78 is 0. The van der Waals surface area contributed by atoms with E-state index in [2.05, 4.69) is 34.4 Å². The highest BCUT2D eigenvalue weighted by Crippen LogP contribution is 2.14. The van der Waals surface area contributed by atoms with Gasteiger partial charge < -0.3 is 10.2 Å². The molecule has 1 aromatic heterocycles. The number of aryl methyl sites for hydroxylation is 1. The van der Waals surface area contributed by atoms with Gasteiger partial charge in [0.1, 0.15) is 0 Å². The number of nitrogens with one attached hydrogen (secondary N) is 1. The van der Waals surface area contributed by atoms with Crippen LogP contribution in [0.15, 0.2) is 18.3 Å². The average Bonchev–Trinajstić information content (AvgIpc) is 2.25. The fraction of sp³-hybridized carbons (Fsp3) is 0.583. The molecule has 1 N–H and O–H groups in total. The van der Waals surface area contributed by atoms with Crippen molar-refractivity contribution in [2.45, 2.75) is 25.8 Å². The Hall–Kier alpha value is -1.09. The zero-order chi connectivity index (χ0) is 10.7. The van der Waals surface area contributed by atoms with Crippen LogP contribution in [0.5, 0.6) is 0 Å². The molecule has 1 fully saturated rings. The van der Waals surface area contributed by atoms with Gasteiger partial charge in [0.15, 0.2) is 0 Å². The van der Waals surface area contributed by atoms with Gasteiger partial charge in [-0.15, -0.1) is 0 Å². The lowest BCUT2D eigenvalue weighted by Gasteiger charge is -2.30. The minimum absolute atomic E-state index is 0.616. The lowest BCUT2D eigenvalue weighted by Crippen LogP contribution is -2.36. The van der Waals surface area contributed by atoms with Crippen LogP contribution < -0.4 is 5.32 Å². The molecule has 0 aliphatic carbocycles. The molecule has 0 bridgehead atoms. The average molecular weight is 205 g/mol. The molecule has 3 nitrogen and oxygen atoms in total. The van der Waals surface area contributed by atoms with Crippen molar-refractivity contribution in [1.82, 2.24) is 9.88 Å². The Bertz CT molecular complexity index is 299. The molecule has 0 amide bonds. The normalized spacial score (nSPS) is 19.1. The van der Waals surface area contributed by atoms with Crippen LogP contribution in [0.3, 0.4) is 0 Å². The maximum atomic E-state index is 4.29. The maximum Gasteiger partial charge on any atom is 0.0529 e. The van der Waals surface area contributed by atoms with Crippen LogP contribution >= 0.6 is 0 Å². The van der Waals surface area contributed by atoms with Crippen LogP contribution in [0.25, 0.3) is 0 Å². The van der Waals surface area contributed by atoms with Crippen LogP contribution in [0.1, 0.15) is 18.5 Å². The van der Waals surface area contributed by atoms with Gasteiger partial charge in [-0.1, -0.05) is 0 Å². The topological polar surface area (TPSA) is 28.2 Å². The van der Waals surface area contributed by atoms with E-state index in [1.165, 1.54) is 25.9 Å². The van der Waals surface area contributed by atoms with Gasteiger partial charge in [0.2, 0.25) is 0 Å². The van der Waals surface area contributed by atoms with E-state index in [4.69, 9.17) is 0 Å². The molecule has 1 saturated heterocycles. The van der Waals surface area contributed by atoms with Crippen LogP contribution in [0.4, 0.5) is 5.69 Å². The Balaban J connectivity index is 1.89. The van der Waals surface area contributed by atoms with Crippen molar-refractivity contribution in [3.8, 4) is 0 Å². The van der Waals surface area contributed by atoms with E-state index in [0.717, 1.165) is 11.4 Å². The Morgan fingerprint density at radius 1 is 1.33 bits per heavy atom. The van der Waals surface area contributed by atoms with Gasteiger partial charge in [-0.25, -0.2) is 0 Å². The third-order valence-corrected chi connectivity index (χ3v) is 3.00. The van der Waals surface area contributed by atoms with Crippen LogP contribution in [0.2, 0.25) is 0 Å². The lowest BCUT2D eigenvalue weighted by atomic mass is 10.1. The summed E-state index contributed by atoms with van der Waals surface area (Å²) in [6.07, 6.45) is 4.38. The quantitative estimate of drug-likeness (QED) is 0.799. The second-order valence-corrected chi connectivity index (χ2v) is 4.41. The fourth-order valence-corrected chi connectivity index (χ4v) is 1.94. The van der Waals surface area contributed by atoms with Crippen molar-refractivity contribution in [1.29, 1.82) is 0 Å². The third-order valence-electron chi connectivity index (χ3n) is 3.00. The first kappa shape index (κ1) is 10.4. The zero-order valence-electron chi connectivity index (χ0n) is 9.53. The van der Waals surface area contributed by atoms with Gasteiger partial charge in [-0.3, -0.25) is 4.98 Å². The number of piperidine rings is 1. The lowest BCUT2D eigenvalue weighted by molar-refractivity contribution is 0.264. The van der Waals surface area contributed by atoms with Gasteiger partial charge in [0.25, 0.3) is 0 Å². The molecule has 0 saturated carbocycles. The van der Waals surface area contributed by atoms with Gasteiger partial charge in [-0.2, -0.15) is 0 Å². The number of hydrogen-bond acceptors (Lipinski definition) is 3. The summed E-state index contributed by atoms with van der Waals surface area (Å²) in [7, 11) is 2.18. The first-order valence-electron chi connectivity index (χ1n) is 5.62. The highest BCUT2D eigenvalue weighted by atomic mass is 15.1. The highest BCUT2D eigenvalue weighted by molar-refractivity contribution is 5.41. The van der Waals surface area contributed by atoms with E-state index in [-0.39, 0.29) is 0 Å². The SMILES string of the molecule is Cc1ccc(NC2CCN(C)CC2)cn1. The number of hydrogen-bond donors (Lipinski definition) is 1. The molecule has 1 aliphatic heterocycles. The van der Waals surface area contributed by atoms with Crippen molar-refractivity contribution < 1.29 is 0 Å². The molecule has 82 valence electrons. The summed E-state index contributed by atoms with van der Waals surface area (Å²) in [6, 6.07) is 4.78. The smallest absolute Gasteiger partial charge is 0.0529 e. The molecular weight excluding hydrogens is 186 g/mol. The van der Waals surface area contributed by atoms with E-state index in [9.17, 15) is 0 Å². The van der Waals surface area contributed by atoms with Gasteiger partial charge >= 0.3 is 0 Å². The molecular formula is C12H19N3. The molecule has 0 atom stereocenters. The minimum atomic E-state index is 0.616. The van der Waals surface area contributed by atoms with Crippen LogP contribution in [0, 0.1) is 6.92 Å². The van der Waals surface area contributed by atoms with Crippen molar-refractivity contribution in [3.63, 3.8) is 0 Å². The summed E-state index contributed by atoms with van der Waals surface area (Å²) in [5.41, 5.74) is 2.22. The van der Waals surface area contributed by atoms with E-state index >= 15 is 0 Å². The number of pyridine rings is 1. The number of anilines is 1. The standard InChI is InChI=1S/C12H19N3/c1-10-3-4-12(9-13-10)14-11-5-7-15(2)8-6-11/h3-4,9,11,14H,5-8H2,1-2H3. The van der Waals surface area contributed by atoms with Gasteiger partial charge in [0, 0.05) is 11.7 Å². The van der Waals surface area contributed by atoms with Crippen LogP contribution in [-0.4, -0.2) is 36.1 Å². The Labute approximate surface area is 91.5 Å². The third kappa shape index (κ3) is 2.93. The molecule has 0 radical (unpaired) electrons. The minimum Gasteiger partial charge on any atom is -0.381 e. The molecule has 0 aromatic carbocycles. The molecule has 0 unspecified atom stereocenters. The molecule has 2 rings (SSSR count). The summed E-state index contributed by atoms with van der Waals surface area (Å²) >= 11 is 0. The summed E-state index contributed by atoms with van der Waals surface area (Å²) in [5, 5.41) is 3.54. The Morgan fingerprint density at radius 2 is 2.07 bits per heavy atom. The fourth-order valence-electron chi connectivity index (χ4n) is 1.94. The first-order chi connectivity index (χ1) is 7.24. The highest BCUT2D eigenvalue weighted by Gasteiger charge is 2.15. The van der Waals surface area contributed by atoms with E-state index in [1.807, 2.05) is 13.1 Å². The van der Waals surface area contributed by atoms with Gasteiger partial charge in [0.05, 0.1) is 11.9 Å². The predicted octanol–water partition coefficient (Wildman–Crippen LogP) is 1.90. The zero-order valence-corrected chi connectivity index (χ0v) is 9.53. The number of likely N-dealkylation sites (tertiary alicyclic amines) is 1. The Kier molecular flexibility index (Phi) is 3.21. The molecule has 1 aromatic rings. The molecule has 2 heterocycles. The molecule has 3 heteroatoms. The van der Waals surface area contributed by atoms with E-state index in [0.29, 0.717) is 6.04 Å². The van der Waals surface area contributed by atoms with Crippen molar-refractivity contribution in [3.05, 3.63) is 24.0 Å². The van der Waals surface area contributed by atoms with Crippen molar-refractivity contribution in [2.24, 2.45) is 0 Å². The number of nitrogens with zero attached hydrogens (tertiary/aromatic N) is 2. The summed E-state index contributed by atoms with van der Waals surface area (Å²) in [4.78, 5) is 6.67. The predicted molar refractivity (Wildman–Crippen MR) is 63.1 cm³/mol. The maximum absolute atomic E-state index is 4.29. The molecule has 0 spiro atoms. The van der Waals surface area contributed by atoms with Crippen molar-refractivity contribution >= 4 is 5.69 Å². The van der Waals surface area contributed by atoms with E-state index < -0.39 is 0 Å². The molecule has 1 aliphatic rings. The van der Waals surface area contributed by atoms with Crippen LogP contribution in [-0.2, 0) is 0 Å². The first-order valence-corrected chi connectivity index (χ1v) is 5.62. The number of aromatic nitrogens is 1. The van der Waals surface area contributed by atoms with Crippen molar-refractivity contribution in [2.75, 3.05) is 25.5 Å². The summed E-state index contributed by atoms with van der Waals surface area (Å²) in [5.74, 6) is 0. The Morgan fingerprint density at radius 3 is 2.67 bits per heavy atom. The second kappa shape index (κ2) is 4.62. The number of rotatable bonds is 2. The largest absolute Gasteiger partial charge is 0.381 e. The summed E-state index contributed by atoms with van der Waals surface area (Å²) in [6.45, 7) is 4.40. The monoisotopic (exact) mass is 205 g/mol. The second-order valence-electron chi connectivity index (χ2n) is 4.41. The molecule has 15 heavy (non-hydrogen) atoms.